The molecule has 2 N–H and O–H groups in total. The molecule has 1 amide bonds. The van der Waals surface area contributed by atoms with E-state index in [4.69, 9.17) is 9.47 Å². The lowest BCUT2D eigenvalue weighted by Gasteiger charge is -2.22. The van der Waals surface area contributed by atoms with Crippen molar-refractivity contribution in [2.24, 2.45) is 5.41 Å². The standard InChI is InChI=1S/C23H30N2O5/c1-15(24-21(28)30-22(2,3)4)18-10-9-17-8-7-16(13-19(17)25-18)11-12-23(5,14-29-6)20(26)27/h7-13,15H,14H2,1-6H3,(H,24,28)(H,26,27)/b12-11+/t15-,23?/m1/s1. The molecule has 0 saturated heterocycles. The van der Waals surface area contributed by atoms with E-state index in [1.165, 1.54) is 7.11 Å². The number of pyridine rings is 1. The number of alkyl carbamates (subject to hydrolysis) is 1. The molecule has 1 aromatic carbocycles. The van der Waals surface area contributed by atoms with Gasteiger partial charge in [0.15, 0.2) is 0 Å². The summed E-state index contributed by atoms with van der Waals surface area (Å²) in [5.41, 5.74) is 0.573. The van der Waals surface area contributed by atoms with Crippen LogP contribution in [-0.4, -0.2) is 41.5 Å². The van der Waals surface area contributed by atoms with E-state index in [0.717, 1.165) is 16.5 Å². The Hall–Kier alpha value is -2.93. The maximum absolute atomic E-state index is 12.0. The number of aromatic nitrogens is 1. The van der Waals surface area contributed by atoms with Crippen molar-refractivity contribution in [3.63, 3.8) is 0 Å². The minimum Gasteiger partial charge on any atom is -0.481 e. The zero-order chi connectivity index (χ0) is 22.5. The van der Waals surface area contributed by atoms with Crippen LogP contribution in [0.15, 0.2) is 36.4 Å². The Morgan fingerprint density at radius 2 is 1.87 bits per heavy atom. The highest BCUT2D eigenvalue weighted by molar-refractivity contribution is 5.83. The lowest BCUT2D eigenvalue weighted by atomic mass is 9.90. The Balaban J connectivity index is 2.24. The number of hydrogen-bond acceptors (Lipinski definition) is 5. The minimum absolute atomic E-state index is 0.0721. The molecule has 2 atom stereocenters. The van der Waals surface area contributed by atoms with Gasteiger partial charge in [0.25, 0.3) is 0 Å². The summed E-state index contributed by atoms with van der Waals surface area (Å²) in [6.07, 6.45) is 2.87. The minimum atomic E-state index is -1.12. The number of carbonyl (C=O) groups excluding carboxylic acids is 1. The number of aliphatic carboxylic acids is 1. The first kappa shape index (κ1) is 23.3. The highest BCUT2D eigenvalue weighted by Gasteiger charge is 2.30. The van der Waals surface area contributed by atoms with Crippen LogP contribution >= 0.6 is 0 Å². The second-order valence-electron chi connectivity index (χ2n) is 8.55. The monoisotopic (exact) mass is 414 g/mol. The molecule has 0 radical (unpaired) electrons. The summed E-state index contributed by atoms with van der Waals surface area (Å²) in [6.45, 7) is 8.94. The number of carbonyl (C=O) groups is 2. The summed E-state index contributed by atoms with van der Waals surface area (Å²) in [7, 11) is 1.48. The van der Waals surface area contributed by atoms with Gasteiger partial charge in [0.05, 0.1) is 23.9 Å². The number of carboxylic acids is 1. The van der Waals surface area contributed by atoms with E-state index >= 15 is 0 Å². The fraction of sp³-hybridized carbons (Fsp3) is 0.435. The van der Waals surface area contributed by atoms with Crippen molar-refractivity contribution in [2.75, 3.05) is 13.7 Å². The molecule has 162 valence electrons. The third kappa shape index (κ3) is 6.29. The Bertz CT molecular complexity index is 948. The molecule has 1 aromatic heterocycles. The molecule has 0 aliphatic rings. The molecule has 0 aliphatic carbocycles. The highest BCUT2D eigenvalue weighted by atomic mass is 16.6. The number of ether oxygens (including phenoxy) is 2. The van der Waals surface area contributed by atoms with Crippen molar-refractivity contribution < 1.29 is 24.2 Å². The summed E-state index contributed by atoms with van der Waals surface area (Å²) in [4.78, 5) is 28.2. The van der Waals surface area contributed by atoms with Crippen molar-refractivity contribution in [1.82, 2.24) is 10.3 Å². The number of nitrogens with one attached hydrogen (secondary N) is 1. The van der Waals surface area contributed by atoms with Gasteiger partial charge in [-0.25, -0.2) is 4.79 Å². The summed E-state index contributed by atoms with van der Waals surface area (Å²) in [5.74, 6) is -0.955. The molecular weight excluding hydrogens is 384 g/mol. The van der Waals surface area contributed by atoms with Crippen LogP contribution in [-0.2, 0) is 14.3 Å². The summed E-state index contributed by atoms with van der Waals surface area (Å²) >= 11 is 0. The SMILES string of the molecule is COCC(C)(/C=C/c1ccc2ccc([C@@H](C)NC(=O)OC(C)(C)C)nc2c1)C(=O)O. The van der Waals surface area contributed by atoms with Crippen LogP contribution in [0, 0.1) is 5.41 Å². The van der Waals surface area contributed by atoms with Crippen molar-refractivity contribution in [2.45, 2.75) is 46.3 Å². The summed E-state index contributed by atoms with van der Waals surface area (Å²) in [5, 5.41) is 13.2. The Morgan fingerprint density at radius 3 is 2.47 bits per heavy atom. The first-order valence-electron chi connectivity index (χ1n) is 9.75. The van der Waals surface area contributed by atoms with E-state index in [1.54, 1.807) is 19.1 Å². The van der Waals surface area contributed by atoms with Gasteiger partial charge in [-0.05, 0) is 52.3 Å². The van der Waals surface area contributed by atoms with Gasteiger partial charge in [-0.15, -0.1) is 0 Å². The van der Waals surface area contributed by atoms with Crippen LogP contribution in [0.4, 0.5) is 4.79 Å². The molecule has 2 aromatic rings. The van der Waals surface area contributed by atoms with Crippen molar-refractivity contribution in [3.05, 3.63) is 47.7 Å². The van der Waals surface area contributed by atoms with Crippen molar-refractivity contribution in [1.29, 1.82) is 0 Å². The quantitative estimate of drug-likeness (QED) is 0.689. The number of nitrogens with zero attached hydrogens (tertiary/aromatic N) is 1. The zero-order valence-electron chi connectivity index (χ0n) is 18.4. The number of fused-ring (bicyclic) bond motifs is 1. The van der Waals surface area contributed by atoms with Gasteiger partial charge in [-0.2, -0.15) is 0 Å². The topological polar surface area (TPSA) is 97.8 Å². The zero-order valence-corrected chi connectivity index (χ0v) is 18.4. The average molecular weight is 415 g/mol. The van der Waals surface area contributed by atoms with Crippen LogP contribution in [0.2, 0.25) is 0 Å². The number of carboxylic acid groups (broad SMARTS) is 1. The molecule has 0 saturated carbocycles. The van der Waals surface area contributed by atoms with Gasteiger partial charge in [0, 0.05) is 12.5 Å². The highest BCUT2D eigenvalue weighted by Crippen LogP contribution is 2.23. The molecule has 0 bridgehead atoms. The van der Waals surface area contributed by atoms with Gasteiger partial charge in [-0.1, -0.05) is 30.4 Å². The molecule has 7 heteroatoms. The predicted molar refractivity (Wildman–Crippen MR) is 116 cm³/mol. The van der Waals surface area contributed by atoms with Crippen molar-refractivity contribution in [3.8, 4) is 0 Å². The second-order valence-corrected chi connectivity index (χ2v) is 8.55. The normalized spacial score (nSPS) is 15.0. The van der Waals surface area contributed by atoms with Gasteiger partial charge >= 0.3 is 12.1 Å². The predicted octanol–water partition coefficient (Wildman–Crippen LogP) is 4.57. The van der Waals surface area contributed by atoms with Crippen molar-refractivity contribution >= 4 is 29.0 Å². The van der Waals surface area contributed by atoms with Crippen LogP contribution in [0.25, 0.3) is 17.0 Å². The number of benzene rings is 1. The average Bonchev–Trinajstić information content (AvgIpc) is 2.64. The largest absolute Gasteiger partial charge is 0.481 e. The molecule has 0 aliphatic heterocycles. The van der Waals surface area contributed by atoms with E-state index in [1.807, 2.05) is 58.0 Å². The van der Waals surface area contributed by atoms with Gasteiger partial charge in [-0.3, -0.25) is 9.78 Å². The van der Waals surface area contributed by atoms with Crippen LogP contribution in [0.1, 0.15) is 51.9 Å². The van der Waals surface area contributed by atoms with Crippen LogP contribution < -0.4 is 5.32 Å². The molecule has 0 fully saturated rings. The number of amides is 1. The van der Waals surface area contributed by atoms with Gasteiger partial charge < -0.3 is 19.9 Å². The molecule has 0 spiro atoms. The molecule has 1 heterocycles. The fourth-order valence-electron chi connectivity index (χ4n) is 2.81. The first-order chi connectivity index (χ1) is 13.9. The molecule has 7 nitrogen and oxygen atoms in total. The molecule has 1 unspecified atom stereocenters. The Labute approximate surface area is 177 Å². The van der Waals surface area contributed by atoms with E-state index < -0.39 is 23.1 Å². The van der Waals surface area contributed by atoms with Crippen LogP contribution in [0.3, 0.4) is 0 Å². The Kier molecular flexibility index (Phi) is 7.21. The summed E-state index contributed by atoms with van der Waals surface area (Å²) < 4.78 is 10.3. The third-order valence-corrected chi connectivity index (χ3v) is 4.49. The maximum Gasteiger partial charge on any atom is 0.408 e. The van der Waals surface area contributed by atoms with Gasteiger partial charge in [0.2, 0.25) is 0 Å². The Morgan fingerprint density at radius 1 is 1.20 bits per heavy atom. The number of methoxy groups -OCH3 is 1. The lowest BCUT2D eigenvalue weighted by molar-refractivity contribution is -0.147. The number of rotatable bonds is 7. The number of hydrogen-bond donors (Lipinski definition) is 2. The molecular formula is C23H30N2O5. The lowest BCUT2D eigenvalue weighted by Crippen LogP contribution is -2.34. The summed E-state index contributed by atoms with van der Waals surface area (Å²) in [6, 6.07) is 9.17. The smallest absolute Gasteiger partial charge is 0.408 e. The molecule has 30 heavy (non-hydrogen) atoms. The van der Waals surface area contributed by atoms with E-state index in [9.17, 15) is 14.7 Å². The third-order valence-electron chi connectivity index (χ3n) is 4.49. The fourth-order valence-corrected chi connectivity index (χ4v) is 2.81. The van der Waals surface area contributed by atoms with Gasteiger partial charge in [0.1, 0.15) is 11.0 Å². The molecule has 2 rings (SSSR count). The first-order valence-corrected chi connectivity index (χ1v) is 9.75. The van der Waals surface area contributed by atoms with E-state index in [-0.39, 0.29) is 12.6 Å². The van der Waals surface area contributed by atoms with E-state index in [0.29, 0.717) is 5.69 Å². The van der Waals surface area contributed by atoms with E-state index in [2.05, 4.69) is 10.3 Å². The second kappa shape index (κ2) is 9.26. The van der Waals surface area contributed by atoms with Crippen LogP contribution in [0.5, 0.6) is 0 Å². The maximum atomic E-state index is 12.0.